The Balaban J connectivity index is 2.21. The van der Waals surface area contributed by atoms with E-state index in [0.717, 1.165) is 4.47 Å². The second-order valence-corrected chi connectivity index (χ2v) is 6.26. The zero-order valence-corrected chi connectivity index (χ0v) is 13.7. The van der Waals surface area contributed by atoms with Crippen LogP contribution in [0.25, 0.3) is 0 Å². The Kier molecular flexibility index (Phi) is 5.51. The summed E-state index contributed by atoms with van der Waals surface area (Å²) in [6, 6.07) is 3.42. The van der Waals surface area contributed by atoms with E-state index in [1.165, 1.54) is 6.07 Å². The SMILES string of the molecule is C[C@@H]1CN(c2nc(C(F)F)ccc2Br)C[C@H](C)N1CCO. The molecule has 21 heavy (non-hydrogen) atoms. The minimum atomic E-state index is -2.57. The van der Waals surface area contributed by atoms with Crippen LogP contribution in [0.1, 0.15) is 26.0 Å². The molecule has 0 spiro atoms. The van der Waals surface area contributed by atoms with E-state index >= 15 is 0 Å². The average Bonchev–Trinajstić information content (AvgIpc) is 2.43. The number of hydrogen-bond donors (Lipinski definition) is 1. The summed E-state index contributed by atoms with van der Waals surface area (Å²) in [7, 11) is 0. The molecule has 118 valence electrons. The number of piperazine rings is 1. The van der Waals surface area contributed by atoms with Crippen LogP contribution >= 0.6 is 15.9 Å². The third-order valence-corrected chi connectivity index (χ3v) is 4.45. The molecule has 2 heterocycles. The lowest BCUT2D eigenvalue weighted by atomic mass is 10.1. The molecule has 2 atom stereocenters. The second kappa shape index (κ2) is 6.98. The van der Waals surface area contributed by atoms with Crippen molar-refractivity contribution in [3.8, 4) is 0 Å². The first kappa shape index (κ1) is 16.6. The lowest BCUT2D eigenvalue weighted by molar-refractivity contribution is 0.102. The molecule has 0 radical (unpaired) electrons. The van der Waals surface area contributed by atoms with Gasteiger partial charge in [-0.25, -0.2) is 13.8 Å². The normalized spacial score (nSPS) is 23.9. The lowest BCUT2D eigenvalue weighted by Crippen LogP contribution is -2.57. The summed E-state index contributed by atoms with van der Waals surface area (Å²) in [6.45, 7) is 6.29. The first-order chi connectivity index (χ1) is 9.93. The Bertz CT molecular complexity index is 477. The van der Waals surface area contributed by atoms with Gasteiger partial charge >= 0.3 is 0 Å². The summed E-state index contributed by atoms with van der Waals surface area (Å²) in [5.41, 5.74) is -0.203. The van der Waals surface area contributed by atoms with Gasteiger partial charge in [0.1, 0.15) is 11.5 Å². The highest BCUT2D eigenvalue weighted by Gasteiger charge is 2.30. The van der Waals surface area contributed by atoms with Gasteiger partial charge in [-0.1, -0.05) is 0 Å². The maximum absolute atomic E-state index is 12.8. The molecule has 0 unspecified atom stereocenters. The summed E-state index contributed by atoms with van der Waals surface area (Å²) in [5, 5.41) is 9.12. The van der Waals surface area contributed by atoms with E-state index in [9.17, 15) is 8.78 Å². The van der Waals surface area contributed by atoms with Crippen molar-refractivity contribution in [2.75, 3.05) is 31.1 Å². The molecule has 1 aliphatic heterocycles. The molecular formula is C14H20BrF2N3O. The second-order valence-electron chi connectivity index (χ2n) is 5.41. The smallest absolute Gasteiger partial charge is 0.280 e. The van der Waals surface area contributed by atoms with Gasteiger partial charge in [-0.05, 0) is 41.9 Å². The molecule has 1 N–H and O–H groups in total. The van der Waals surface area contributed by atoms with Gasteiger partial charge in [0.2, 0.25) is 0 Å². The highest BCUT2D eigenvalue weighted by molar-refractivity contribution is 9.10. The molecule has 4 nitrogen and oxygen atoms in total. The quantitative estimate of drug-likeness (QED) is 0.892. The first-order valence-corrected chi connectivity index (χ1v) is 7.79. The Labute approximate surface area is 131 Å². The maximum atomic E-state index is 12.8. The molecule has 0 saturated carbocycles. The molecule has 0 aromatic carbocycles. The molecule has 1 aromatic heterocycles. The summed E-state index contributed by atoms with van der Waals surface area (Å²) in [5.74, 6) is 0.565. The van der Waals surface area contributed by atoms with Crippen LogP contribution in [0.15, 0.2) is 16.6 Å². The fourth-order valence-corrected chi connectivity index (χ4v) is 3.35. The van der Waals surface area contributed by atoms with Gasteiger partial charge in [0.25, 0.3) is 6.43 Å². The topological polar surface area (TPSA) is 39.6 Å². The molecular weight excluding hydrogens is 344 g/mol. The van der Waals surface area contributed by atoms with Gasteiger partial charge in [-0.15, -0.1) is 0 Å². The Morgan fingerprint density at radius 3 is 2.48 bits per heavy atom. The van der Waals surface area contributed by atoms with Crippen LogP contribution in [0, 0.1) is 0 Å². The standard InChI is InChI=1S/C14H20BrF2N3O/c1-9-7-19(8-10(2)20(9)5-6-21)14-11(15)3-4-12(18-14)13(16)17/h3-4,9-10,13,21H,5-8H2,1-2H3/t9-,10+. The number of β-amino-alcohol motifs (C(OH)–C–C–N with tert-alkyl or cyclic N) is 1. The van der Waals surface area contributed by atoms with Crippen molar-refractivity contribution in [1.82, 2.24) is 9.88 Å². The molecule has 1 fully saturated rings. The van der Waals surface area contributed by atoms with Crippen LogP contribution in [-0.4, -0.2) is 53.3 Å². The van der Waals surface area contributed by atoms with Crippen LogP contribution in [0.4, 0.5) is 14.6 Å². The highest BCUT2D eigenvalue weighted by Crippen LogP contribution is 2.30. The predicted molar refractivity (Wildman–Crippen MR) is 81.8 cm³/mol. The van der Waals surface area contributed by atoms with Crippen LogP contribution < -0.4 is 4.90 Å². The van der Waals surface area contributed by atoms with Gasteiger partial charge < -0.3 is 10.0 Å². The van der Waals surface area contributed by atoms with Gasteiger partial charge in [0.15, 0.2) is 0 Å². The molecule has 1 aromatic rings. The number of aromatic nitrogens is 1. The summed E-state index contributed by atoms with van der Waals surface area (Å²) < 4.78 is 26.4. The highest BCUT2D eigenvalue weighted by atomic mass is 79.9. The summed E-state index contributed by atoms with van der Waals surface area (Å²) >= 11 is 3.40. The van der Waals surface area contributed by atoms with E-state index in [4.69, 9.17) is 5.11 Å². The zero-order chi connectivity index (χ0) is 15.6. The number of rotatable bonds is 4. The number of anilines is 1. The maximum Gasteiger partial charge on any atom is 0.280 e. The molecule has 1 saturated heterocycles. The van der Waals surface area contributed by atoms with E-state index in [-0.39, 0.29) is 24.4 Å². The van der Waals surface area contributed by atoms with Crippen LogP contribution in [0.5, 0.6) is 0 Å². The Morgan fingerprint density at radius 1 is 1.33 bits per heavy atom. The predicted octanol–water partition coefficient (Wildman–Crippen LogP) is 2.67. The van der Waals surface area contributed by atoms with Gasteiger partial charge in [-0.3, -0.25) is 4.90 Å². The van der Waals surface area contributed by atoms with Crippen molar-refractivity contribution < 1.29 is 13.9 Å². The third kappa shape index (κ3) is 3.70. The fraction of sp³-hybridized carbons (Fsp3) is 0.643. The molecule has 0 aliphatic carbocycles. The molecule has 7 heteroatoms. The van der Waals surface area contributed by atoms with Crippen LogP contribution in [0.2, 0.25) is 0 Å². The number of aliphatic hydroxyl groups excluding tert-OH is 1. The largest absolute Gasteiger partial charge is 0.395 e. The van der Waals surface area contributed by atoms with E-state index in [1.54, 1.807) is 6.07 Å². The number of alkyl halides is 2. The van der Waals surface area contributed by atoms with Crippen molar-refractivity contribution in [1.29, 1.82) is 0 Å². The van der Waals surface area contributed by atoms with E-state index in [0.29, 0.717) is 25.5 Å². The third-order valence-electron chi connectivity index (χ3n) is 3.83. The minimum absolute atomic E-state index is 0.123. The minimum Gasteiger partial charge on any atom is -0.395 e. The fourth-order valence-electron chi connectivity index (χ4n) is 2.88. The Hall–Kier alpha value is -0.790. The van der Waals surface area contributed by atoms with Crippen molar-refractivity contribution in [2.45, 2.75) is 32.4 Å². The zero-order valence-electron chi connectivity index (χ0n) is 12.1. The lowest BCUT2D eigenvalue weighted by Gasteiger charge is -2.45. The van der Waals surface area contributed by atoms with E-state index in [1.807, 2.05) is 4.90 Å². The first-order valence-electron chi connectivity index (χ1n) is 7.00. The number of nitrogens with zero attached hydrogens (tertiary/aromatic N) is 3. The van der Waals surface area contributed by atoms with Crippen molar-refractivity contribution in [3.05, 3.63) is 22.3 Å². The van der Waals surface area contributed by atoms with Gasteiger partial charge in [0.05, 0.1) is 11.1 Å². The molecule has 0 amide bonds. The van der Waals surface area contributed by atoms with E-state index in [2.05, 4.69) is 39.7 Å². The van der Waals surface area contributed by atoms with Gasteiger partial charge in [-0.2, -0.15) is 0 Å². The Morgan fingerprint density at radius 2 is 1.95 bits per heavy atom. The molecule has 1 aliphatic rings. The monoisotopic (exact) mass is 363 g/mol. The number of halogens is 3. The summed E-state index contributed by atoms with van der Waals surface area (Å²) in [6.07, 6.45) is -2.57. The van der Waals surface area contributed by atoms with Crippen molar-refractivity contribution in [3.63, 3.8) is 0 Å². The number of hydrogen-bond acceptors (Lipinski definition) is 4. The summed E-state index contributed by atoms with van der Waals surface area (Å²) in [4.78, 5) is 8.35. The number of pyridine rings is 1. The van der Waals surface area contributed by atoms with E-state index < -0.39 is 6.43 Å². The average molecular weight is 364 g/mol. The van der Waals surface area contributed by atoms with Crippen molar-refractivity contribution in [2.24, 2.45) is 0 Å². The molecule has 2 rings (SSSR count). The molecule has 0 bridgehead atoms. The van der Waals surface area contributed by atoms with Crippen molar-refractivity contribution >= 4 is 21.7 Å². The van der Waals surface area contributed by atoms with Crippen LogP contribution in [0.3, 0.4) is 0 Å². The number of aliphatic hydroxyl groups is 1. The van der Waals surface area contributed by atoms with Gasteiger partial charge in [0, 0.05) is 31.7 Å². The van der Waals surface area contributed by atoms with Crippen LogP contribution in [-0.2, 0) is 0 Å².